The van der Waals surface area contributed by atoms with Gasteiger partial charge in [0.1, 0.15) is 12.5 Å². The summed E-state index contributed by atoms with van der Waals surface area (Å²) in [5, 5.41) is 0. The second-order valence-electron chi connectivity index (χ2n) is 2.58. The van der Waals surface area contributed by atoms with Crippen molar-refractivity contribution in [1.82, 2.24) is 4.90 Å². The third-order valence-electron chi connectivity index (χ3n) is 1.16. The van der Waals surface area contributed by atoms with E-state index in [1.165, 1.54) is 0 Å². The van der Waals surface area contributed by atoms with Crippen molar-refractivity contribution in [2.24, 2.45) is 0 Å². The lowest BCUT2D eigenvalue weighted by molar-refractivity contribution is 0.179. The fourth-order valence-corrected chi connectivity index (χ4v) is 0.665. The summed E-state index contributed by atoms with van der Waals surface area (Å²) < 4.78 is 5.34. The largest absolute Gasteiger partial charge is 0.478 e. The molecule has 1 aromatic carbocycles. The van der Waals surface area contributed by atoms with E-state index in [0.29, 0.717) is 6.73 Å². The van der Waals surface area contributed by atoms with Gasteiger partial charge in [0.2, 0.25) is 0 Å². The zero-order valence-corrected chi connectivity index (χ0v) is 6.87. The van der Waals surface area contributed by atoms with Gasteiger partial charge >= 0.3 is 0 Å². The minimum absolute atomic E-state index is 0.598. The SMILES string of the molecule is CN(C)COc1[c]cccc1. The third-order valence-corrected chi connectivity index (χ3v) is 1.16. The lowest BCUT2D eigenvalue weighted by Crippen LogP contribution is -2.18. The molecule has 0 unspecified atom stereocenters. The molecule has 59 valence electrons. The number of nitrogens with zero attached hydrogens (tertiary/aromatic N) is 1. The Hall–Kier alpha value is -1.02. The molecular formula is C9H12NO. The number of ether oxygens (including phenoxy) is 1. The fraction of sp³-hybridized carbons (Fsp3) is 0.333. The summed E-state index contributed by atoms with van der Waals surface area (Å²) in [6.07, 6.45) is 0. The number of hydrogen-bond donors (Lipinski definition) is 0. The predicted octanol–water partition coefficient (Wildman–Crippen LogP) is 1.38. The van der Waals surface area contributed by atoms with Gasteiger partial charge in [0.15, 0.2) is 0 Å². The standard InChI is InChI=1S/C9H12NO/c1-10(2)8-11-9-6-4-3-5-7-9/h3-6H,8H2,1-2H3. The van der Waals surface area contributed by atoms with Crippen LogP contribution in [0.1, 0.15) is 0 Å². The van der Waals surface area contributed by atoms with Gasteiger partial charge in [-0.2, -0.15) is 0 Å². The van der Waals surface area contributed by atoms with E-state index in [1.807, 2.05) is 43.3 Å². The highest BCUT2D eigenvalue weighted by Crippen LogP contribution is 2.06. The molecule has 0 atom stereocenters. The van der Waals surface area contributed by atoms with Gasteiger partial charge in [-0.05, 0) is 20.2 Å². The van der Waals surface area contributed by atoms with Gasteiger partial charge in [-0.3, -0.25) is 4.90 Å². The Balaban J connectivity index is 2.39. The van der Waals surface area contributed by atoms with Crippen LogP contribution in [0.5, 0.6) is 5.75 Å². The van der Waals surface area contributed by atoms with Crippen molar-refractivity contribution in [3.05, 3.63) is 30.3 Å². The Labute approximate surface area is 67.4 Å². The average molecular weight is 150 g/mol. The van der Waals surface area contributed by atoms with Gasteiger partial charge in [0.05, 0.1) is 0 Å². The molecule has 0 saturated carbocycles. The van der Waals surface area contributed by atoms with Crippen molar-refractivity contribution < 1.29 is 4.74 Å². The molecular weight excluding hydrogens is 138 g/mol. The Kier molecular flexibility index (Phi) is 2.93. The van der Waals surface area contributed by atoms with E-state index < -0.39 is 0 Å². The number of para-hydroxylation sites is 1. The van der Waals surface area contributed by atoms with Crippen LogP contribution in [0.3, 0.4) is 0 Å². The summed E-state index contributed by atoms with van der Waals surface area (Å²) in [7, 11) is 3.92. The lowest BCUT2D eigenvalue weighted by Gasteiger charge is -2.10. The van der Waals surface area contributed by atoms with Crippen molar-refractivity contribution in [1.29, 1.82) is 0 Å². The monoisotopic (exact) mass is 150 g/mol. The second kappa shape index (κ2) is 3.98. The first kappa shape index (κ1) is 8.08. The van der Waals surface area contributed by atoms with Crippen LogP contribution >= 0.6 is 0 Å². The quantitative estimate of drug-likeness (QED) is 0.604. The van der Waals surface area contributed by atoms with Crippen molar-refractivity contribution in [2.45, 2.75) is 0 Å². The minimum Gasteiger partial charge on any atom is -0.478 e. The van der Waals surface area contributed by atoms with Crippen molar-refractivity contribution in [3.8, 4) is 5.75 Å². The van der Waals surface area contributed by atoms with Crippen LogP contribution in [0, 0.1) is 6.07 Å². The van der Waals surface area contributed by atoms with Gasteiger partial charge in [0.25, 0.3) is 0 Å². The van der Waals surface area contributed by atoms with Crippen LogP contribution < -0.4 is 4.74 Å². The molecule has 2 heteroatoms. The number of hydrogen-bond acceptors (Lipinski definition) is 2. The van der Waals surface area contributed by atoms with E-state index in [-0.39, 0.29) is 0 Å². The molecule has 1 rings (SSSR count). The molecule has 0 aliphatic rings. The van der Waals surface area contributed by atoms with Crippen LogP contribution in [0.2, 0.25) is 0 Å². The van der Waals surface area contributed by atoms with Gasteiger partial charge in [-0.15, -0.1) is 0 Å². The zero-order valence-electron chi connectivity index (χ0n) is 6.87. The first-order valence-electron chi connectivity index (χ1n) is 3.53. The van der Waals surface area contributed by atoms with E-state index in [0.717, 1.165) is 5.75 Å². The molecule has 0 aliphatic heterocycles. The fourth-order valence-electron chi connectivity index (χ4n) is 0.665. The van der Waals surface area contributed by atoms with Crippen molar-refractivity contribution in [3.63, 3.8) is 0 Å². The highest BCUT2D eigenvalue weighted by molar-refractivity contribution is 5.18. The van der Waals surface area contributed by atoms with Gasteiger partial charge in [0, 0.05) is 6.07 Å². The van der Waals surface area contributed by atoms with E-state index in [9.17, 15) is 0 Å². The first-order chi connectivity index (χ1) is 5.29. The lowest BCUT2D eigenvalue weighted by atomic mass is 10.3. The van der Waals surface area contributed by atoms with E-state index >= 15 is 0 Å². The van der Waals surface area contributed by atoms with E-state index in [1.54, 1.807) is 0 Å². The predicted molar refractivity (Wildman–Crippen MR) is 44.5 cm³/mol. The number of rotatable bonds is 3. The third kappa shape index (κ3) is 3.05. The van der Waals surface area contributed by atoms with Crippen LogP contribution in [0.4, 0.5) is 0 Å². The van der Waals surface area contributed by atoms with Gasteiger partial charge in [-0.1, -0.05) is 18.2 Å². The smallest absolute Gasteiger partial charge is 0.141 e. The van der Waals surface area contributed by atoms with Gasteiger partial charge < -0.3 is 4.74 Å². The normalized spacial score (nSPS) is 10.1. The summed E-state index contributed by atoms with van der Waals surface area (Å²) in [5.41, 5.74) is 0. The Morgan fingerprint density at radius 1 is 1.45 bits per heavy atom. The highest BCUT2D eigenvalue weighted by atomic mass is 16.5. The molecule has 0 spiro atoms. The first-order valence-corrected chi connectivity index (χ1v) is 3.53. The Morgan fingerprint density at radius 3 is 2.82 bits per heavy atom. The molecule has 0 heterocycles. The maximum Gasteiger partial charge on any atom is 0.141 e. The van der Waals surface area contributed by atoms with Crippen molar-refractivity contribution in [2.75, 3.05) is 20.8 Å². The topological polar surface area (TPSA) is 12.5 Å². The maximum atomic E-state index is 5.34. The summed E-state index contributed by atoms with van der Waals surface area (Å²) in [4.78, 5) is 1.96. The van der Waals surface area contributed by atoms with E-state index in [4.69, 9.17) is 4.74 Å². The highest BCUT2D eigenvalue weighted by Gasteiger charge is 1.91. The Morgan fingerprint density at radius 2 is 2.27 bits per heavy atom. The molecule has 11 heavy (non-hydrogen) atoms. The minimum atomic E-state index is 0.598. The Bertz CT molecular complexity index is 196. The molecule has 0 aromatic heterocycles. The molecule has 2 nitrogen and oxygen atoms in total. The average Bonchev–Trinajstić information content (AvgIpc) is 2.03. The van der Waals surface area contributed by atoms with E-state index in [2.05, 4.69) is 6.07 Å². The molecule has 0 amide bonds. The van der Waals surface area contributed by atoms with Crippen LogP contribution in [0.15, 0.2) is 24.3 Å². The summed E-state index contributed by atoms with van der Waals surface area (Å²) in [5.74, 6) is 0.793. The van der Waals surface area contributed by atoms with Crippen LogP contribution in [-0.2, 0) is 0 Å². The van der Waals surface area contributed by atoms with Crippen LogP contribution in [0.25, 0.3) is 0 Å². The van der Waals surface area contributed by atoms with Gasteiger partial charge in [-0.25, -0.2) is 0 Å². The summed E-state index contributed by atoms with van der Waals surface area (Å²) >= 11 is 0. The molecule has 1 radical (unpaired) electrons. The zero-order chi connectivity index (χ0) is 8.10. The molecule has 1 aromatic rings. The second-order valence-corrected chi connectivity index (χ2v) is 2.58. The number of benzene rings is 1. The molecule has 0 N–H and O–H groups in total. The summed E-state index contributed by atoms with van der Waals surface area (Å²) in [6.45, 7) is 0.598. The van der Waals surface area contributed by atoms with Crippen molar-refractivity contribution >= 4 is 0 Å². The van der Waals surface area contributed by atoms with Crippen LogP contribution in [-0.4, -0.2) is 25.7 Å². The molecule has 0 fully saturated rings. The molecule has 0 bridgehead atoms. The summed E-state index contributed by atoms with van der Waals surface area (Å²) in [6, 6.07) is 10.6. The maximum absolute atomic E-state index is 5.34. The molecule has 0 saturated heterocycles. The molecule has 0 aliphatic carbocycles.